The maximum absolute atomic E-state index is 14.0. The van der Waals surface area contributed by atoms with Crippen LogP contribution >= 0.6 is 0 Å². The van der Waals surface area contributed by atoms with Gasteiger partial charge in [-0.05, 0) is 37.3 Å². The van der Waals surface area contributed by atoms with E-state index in [0.29, 0.717) is 57.4 Å². The highest BCUT2D eigenvalue weighted by molar-refractivity contribution is 5.96. The van der Waals surface area contributed by atoms with Gasteiger partial charge in [0.15, 0.2) is 23.3 Å². The van der Waals surface area contributed by atoms with Crippen molar-refractivity contribution in [2.75, 3.05) is 55.6 Å². The van der Waals surface area contributed by atoms with Crippen LogP contribution in [0.2, 0.25) is 0 Å². The topological polar surface area (TPSA) is 188 Å². The number of aromatic amines is 1. The van der Waals surface area contributed by atoms with Crippen molar-refractivity contribution in [3.05, 3.63) is 45.4 Å². The van der Waals surface area contributed by atoms with Gasteiger partial charge in [0.2, 0.25) is 6.41 Å². The summed E-state index contributed by atoms with van der Waals surface area (Å²) in [5.41, 5.74) is 16.9. The molecular weight excluding hydrogens is 512 g/mol. The van der Waals surface area contributed by atoms with Gasteiger partial charge in [0.05, 0.1) is 5.69 Å². The van der Waals surface area contributed by atoms with Crippen LogP contribution in [0.5, 0.6) is 0 Å². The van der Waals surface area contributed by atoms with Gasteiger partial charge in [-0.3, -0.25) is 19.3 Å². The van der Waals surface area contributed by atoms with Gasteiger partial charge in [0.25, 0.3) is 11.5 Å². The van der Waals surface area contributed by atoms with E-state index in [-0.39, 0.29) is 48.2 Å². The van der Waals surface area contributed by atoms with E-state index in [0.717, 1.165) is 12.5 Å². The Morgan fingerprint density at radius 1 is 1.26 bits per heavy atom. The predicted octanol–water partition coefficient (Wildman–Crippen LogP) is -0.0609. The van der Waals surface area contributed by atoms with Gasteiger partial charge in [-0.2, -0.15) is 0 Å². The molecular formula is C25H37F2N9O3. The number of rotatable bonds is 13. The zero-order valence-electron chi connectivity index (χ0n) is 22.0. The minimum atomic E-state index is -1.05. The number of halogens is 2. The normalized spacial score (nSPS) is 16.6. The highest BCUT2D eigenvalue weighted by atomic mass is 19.2. The van der Waals surface area contributed by atoms with E-state index in [4.69, 9.17) is 17.2 Å². The SMILES string of the molecule is CCC1CN(c2nc(N)c(C(=O)NCCN)[nH]c2=O)CCN1C(CCNC=O)CCc1ccc(F)c(F)c1N. The lowest BCUT2D eigenvalue weighted by atomic mass is 9.97. The Balaban J connectivity index is 1.77. The fourth-order valence-electron chi connectivity index (χ4n) is 4.95. The zero-order valence-corrected chi connectivity index (χ0v) is 22.0. The number of piperazine rings is 1. The number of nitrogens with two attached hydrogens (primary N) is 3. The standard InChI is InChI=1S/C25H37F2N9O3/c1-2-16-13-35(23-25(39)33-21(22(30)34-23)24(38)32-10-8-28)11-12-36(16)17(7-9-31-14-37)5-3-15-4-6-18(26)19(27)20(15)29/h4,6,14,16-17H,2-3,5,7-13,28-29H2,1H3,(H2,30,34)(H,31,37)(H,32,38)(H,33,39). The maximum atomic E-state index is 14.0. The summed E-state index contributed by atoms with van der Waals surface area (Å²) in [5, 5.41) is 5.25. The number of carbonyl (C=O) groups is 2. The molecule has 214 valence electrons. The van der Waals surface area contributed by atoms with E-state index in [9.17, 15) is 23.2 Å². The van der Waals surface area contributed by atoms with Crippen LogP contribution in [-0.4, -0.2) is 78.5 Å². The fraction of sp³-hybridized carbons (Fsp3) is 0.520. The van der Waals surface area contributed by atoms with Crippen molar-refractivity contribution >= 4 is 29.6 Å². The summed E-state index contributed by atoms with van der Waals surface area (Å²) >= 11 is 0. The van der Waals surface area contributed by atoms with Gasteiger partial charge in [0.1, 0.15) is 5.69 Å². The fourth-order valence-corrected chi connectivity index (χ4v) is 4.95. The quantitative estimate of drug-likeness (QED) is 0.113. The van der Waals surface area contributed by atoms with Gasteiger partial charge >= 0.3 is 0 Å². The average Bonchev–Trinajstić information content (AvgIpc) is 2.94. The van der Waals surface area contributed by atoms with Gasteiger partial charge < -0.3 is 37.7 Å². The number of carbonyl (C=O) groups excluding carboxylic acids is 2. The van der Waals surface area contributed by atoms with Crippen molar-refractivity contribution in [3.63, 3.8) is 0 Å². The molecule has 2 amide bonds. The van der Waals surface area contributed by atoms with Crippen LogP contribution < -0.4 is 38.3 Å². The lowest BCUT2D eigenvalue weighted by Crippen LogP contribution is -2.58. The lowest BCUT2D eigenvalue weighted by molar-refractivity contribution is -0.109. The molecule has 2 aromatic rings. The summed E-state index contributed by atoms with van der Waals surface area (Å²) in [5.74, 6) is -2.55. The van der Waals surface area contributed by atoms with Crippen molar-refractivity contribution in [1.82, 2.24) is 25.5 Å². The van der Waals surface area contributed by atoms with Crippen molar-refractivity contribution in [1.29, 1.82) is 0 Å². The Morgan fingerprint density at radius 3 is 2.72 bits per heavy atom. The Bertz CT molecular complexity index is 1210. The molecule has 3 rings (SSSR count). The summed E-state index contributed by atoms with van der Waals surface area (Å²) in [4.78, 5) is 46.9. The van der Waals surface area contributed by atoms with Crippen LogP contribution in [-0.2, 0) is 11.2 Å². The van der Waals surface area contributed by atoms with Crippen LogP contribution in [0.3, 0.4) is 0 Å². The summed E-state index contributed by atoms with van der Waals surface area (Å²) in [6.07, 6.45) is 3.06. The minimum Gasteiger partial charge on any atom is -0.396 e. The number of hydrogen-bond donors (Lipinski definition) is 6. The van der Waals surface area contributed by atoms with Crippen LogP contribution in [0.4, 0.5) is 26.1 Å². The third-order valence-electron chi connectivity index (χ3n) is 7.02. The molecule has 0 spiro atoms. The van der Waals surface area contributed by atoms with Crippen molar-refractivity contribution in [2.45, 2.75) is 44.7 Å². The van der Waals surface area contributed by atoms with Crippen LogP contribution in [0, 0.1) is 11.6 Å². The Kier molecular flexibility index (Phi) is 10.6. The molecule has 1 fully saturated rings. The number of anilines is 3. The van der Waals surface area contributed by atoms with E-state index < -0.39 is 23.1 Å². The largest absolute Gasteiger partial charge is 0.396 e. The first-order valence-electron chi connectivity index (χ1n) is 13.0. The Morgan fingerprint density at radius 2 is 2.03 bits per heavy atom. The number of H-pyrrole nitrogens is 1. The minimum absolute atomic E-state index is 0.00185. The Hall–Kier alpha value is -3.78. The van der Waals surface area contributed by atoms with E-state index >= 15 is 0 Å². The predicted molar refractivity (Wildman–Crippen MR) is 145 cm³/mol. The first kappa shape index (κ1) is 29.8. The molecule has 0 radical (unpaired) electrons. The van der Waals surface area contributed by atoms with Crippen molar-refractivity contribution in [3.8, 4) is 0 Å². The molecule has 0 saturated carbocycles. The molecule has 12 nitrogen and oxygen atoms in total. The molecule has 1 aliphatic rings. The van der Waals surface area contributed by atoms with E-state index in [1.165, 1.54) is 6.07 Å². The van der Waals surface area contributed by atoms with Crippen LogP contribution in [0.25, 0.3) is 0 Å². The number of aryl methyl sites for hydroxylation is 1. The number of nitrogen functional groups attached to an aromatic ring is 2. The molecule has 2 atom stereocenters. The van der Waals surface area contributed by atoms with Crippen LogP contribution in [0.15, 0.2) is 16.9 Å². The van der Waals surface area contributed by atoms with Crippen molar-refractivity contribution in [2.24, 2.45) is 5.73 Å². The molecule has 14 heteroatoms. The Labute approximate surface area is 225 Å². The lowest BCUT2D eigenvalue weighted by Gasteiger charge is -2.45. The van der Waals surface area contributed by atoms with Crippen LogP contribution in [0.1, 0.15) is 42.2 Å². The molecule has 39 heavy (non-hydrogen) atoms. The summed E-state index contributed by atoms with van der Waals surface area (Å²) in [7, 11) is 0. The number of benzene rings is 1. The third-order valence-corrected chi connectivity index (χ3v) is 7.02. The maximum Gasteiger partial charge on any atom is 0.291 e. The smallest absolute Gasteiger partial charge is 0.291 e. The molecule has 0 aliphatic carbocycles. The number of hydrogen-bond acceptors (Lipinski definition) is 9. The number of nitrogens with zero attached hydrogens (tertiary/aromatic N) is 3. The number of aromatic nitrogens is 2. The van der Waals surface area contributed by atoms with Gasteiger partial charge in [-0.15, -0.1) is 0 Å². The summed E-state index contributed by atoms with van der Waals surface area (Å²) < 4.78 is 27.5. The monoisotopic (exact) mass is 549 g/mol. The average molecular weight is 550 g/mol. The molecule has 1 aromatic heterocycles. The zero-order chi connectivity index (χ0) is 28.5. The van der Waals surface area contributed by atoms with E-state index in [1.54, 1.807) is 0 Å². The molecule has 1 aliphatic heterocycles. The van der Waals surface area contributed by atoms with E-state index in [2.05, 4.69) is 25.5 Å². The van der Waals surface area contributed by atoms with E-state index in [1.807, 2.05) is 11.8 Å². The first-order valence-corrected chi connectivity index (χ1v) is 13.0. The summed E-state index contributed by atoms with van der Waals surface area (Å²) in [6.45, 7) is 4.48. The highest BCUT2D eigenvalue weighted by Crippen LogP contribution is 2.26. The van der Waals surface area contributed by atoms with Gasteiger partial charge in [0, 0.05) is 51.4 Å². The number of nitrogens with one attached hydrogen (secondary N) is 3. The molecule has 9 N–H and O–H groups in total. The first-order chi connectivity index (χ1) is 18.7. The van der Waals surface area contributed by atoms with Gasteiger partial charge in [-0.1, -0.05) is 13.0 Å². The molecule has 2 unspecified atom stereocenters. The highest BCUT2D eigenvalue weighted by Gasteiger charge is 2.33. The molecule has 2 heterocycles. The molecule has 1 aromatic carbocycles. The second-order valence-corrected chi connectivity index (χ2v) is 9.43. The molecule has 0 bridgehead atoms. The molecule has 1 saturated heterocycles. The van der Waals surface area contributed by atoms with Gasteiger partial charge in [-0.25, -0.2) is 13.8 Å². The second-order valence-electron chi connectivity index (χ2n) is 9.43. The third kappa shape index (κ3) is 7.20. The van der Waals surface area contributed by atoms with Crippen molar-refractivity contribution < 1.29 is 18.4 Å². The second kappa shape index (κ2) is 13.8. The summed E-state index contributed by atoms with van der Waals surface area (Å²) in [6, 6.07) is 2.59. The number of amides is 2.